The van der Waals surface area contributed by atoms with Crippen molar-refractivity contribution in [3.05, 3.63) is 46.9 Å². The van der Waals surface area contributed by atoms with Gasteiger partial charge in [0.1, 0.15) is 10.7 Å². The van der Waals surface area contributed by atoms with Crippen LogP contribution in [0.4, 0.5) is 9.52 Å². The molecule has 3 aromatic rings. The van der Waals surface area contributed by atoms with Crippen LogP contribution in [0.2, 0.25) is 0 Å². The van der Waals surface area contributed by atoms with Crippen molar-refractivity contribution >= 4 is 33.3 Å². The molecule has 0 fully saturated rings. The molecule has 0 aliphatic carbocycles. The number of H-pyrrole nitrogens is 1. The number of carbonyl (C=O) groups excluding carboxylic acids is 1. The van der Waals surface area contributed by atoms with Gasteiger partial charge in [-0.05, 0) is 24.3 Å². The quantitative estimate of drug-likeness (QED) is 0.692. The normalized spacial score (nSPS) is 10.8. The lowest BCUT2D eigenvalue weighted by Crippen LogP contribution is -2.21. The average Bonchev–Trinajstić information content (AvgIpc) is 3.01. The molecule has 4 N–H and O–H groups in total. The van der Waals surface area contributed by atoms with Gasteiger partial charge in [-0.2, -0.15) is 0 Å². The molecule has 0 unspecified atom stereocenters. The van der Waals surface area contributed by atoms with E-state index in [1.807, 2.05) is 0 Å². The predicted octanol–water partition coefficient (Wildman–Crippen LogP) is 2.28. The maximum Gasteiger partial charge on any atom is 0.263 e. The van der Waals surface area contributed by atoms with Crippen molar-refractivity contribution in [2.24, 2.45) is 0 Å². The third kappa shape index (κ3) is 2.48. The van der Waals surface area contributed by atoms with Crippen molar-refractivity contribution in [3.8, 4) is 0 Å². The molecule has 0 saturated heterocycles. The van der Waals surface area contributed by atoms with Crippen molar-refractivity contribution < 1.29 is 9.18 Å². The van der Waals surface area contributed by atoms with Crippen LogP contribution in [0.5, 0.6) is 0 Å². The van der Waals surface area contributed by atoms with Crippen molar-refractivity contribution in [2.75, 3.05) is 5.73 Å². The molecule has 3 rings (SSSR count). The zero-order valence-corrected chi connectivity index (χ0v) is 11.1. The van der Waals surface area contributed by atoms with E-state index < -0.39 is 0 Å². The average molecular weight is 290 g/mol. The van der Waals surface area contributed by atoms with E-state index in [4.69, 9.17) is 5.73 Å². The Hall–Kier alpha value is -2.41. The molecular weight excluding hydrogens is 279 g/mol. The SMILES string of the molecule is Nc1ncc(C(=O)NCc2cc3cc(F)ccc3[nH]2)s1. The number of hydrogen-bond donors (Lipinski definition) is 3. The summed E-state index contributed by atoms with van der Waals surface area (Å²) in [5.41, 5.74) is 7.11. The number of nitrogens with one attached hydrogen (secondary N) is 2. The third-order valence-electron chi connectivity index (χ3n) is 2.83. The molecule has 0 aliphatic heterocycles. The summed E-state index contributed by atoms with van der Waals surface area (Å²) in [6, 6.07) is 6.31. The van der Waals surface area contributed by atoms with E-state index in [1.165, 1.54) is 18.3 Å². The van der Waals surface area contributed by atoms with Gasteiger partial charge in [0.25, 0.3) is 5.91 Å². The van der Waals surface area contributed by atoms with Gasteiger partial charge in [0.05, 0.1) is 12.7 Å². The molecule has 0 atom stereocenters. The van der Waals surface area contributed by atoms with Crippen molar-refractivity contribution in [1.82, 2.24) is 15.3 Å². The molecule has 1 amide bonds. The Morgan fingerprint density at radius 3 is 3.05 bits per heavy atom. The standard InChI is InChI=1S/C13H11FN4OS/c14-8-1-2-10-7(3-8)4-9(18-10)5-16-12(19)11-6-17-13(15)20-11/h1-4,6,18H,5H2,(H2,15,17)(H,16,19). The van der Waals surface area contributed by atoms with E-state index in [-0.39, 0.29) is 11.7 Å². The maximum atomic E-state index is 13.1. The molecular formula is C13H11FN4OS. The van der Waals surface area contributed by atoms with Gasteiger partial charge in [-0.25, -0.2) is 9.37 Å². The van der Waals surface area contributed by atoms with Crippen molar-refractivity contribution in [1.29, 1.82) is 0 Å². The number of fused-ring (bicyclic) bond motifs is 1. The fourth-order valence-electron chi connectivity index (χ4n) is 1.91. The summed E-state index contributed by atoms with van der Waals surface area (Å²) in [5, 5.41) is 3.89. The molecule has 1 aromatic carbocycles. The second-order valence-electron chi connectivity index (χ2n) is 4.27. The Kier molecular flexibility index (Phi) is 3.11. The van der Waals surface area contributed by atoms with Gasteiger partial charge in [0.15, 0.2) is 5.13 Å². The summed E-state index contributed by atoms with van der Waals surface area (Å²) in [6.07, 6.45) is 1.44. The van der Waals surface area contributed by atoms with Crippen LogP contribution in [0.1, 0.15) is 15.4 Å². The van der Waals surface area contributed by atoms with Gasteiger partial charge in [-0.15, -0.1) is 0 Å². The minimum absolute atomic E-state index is 0.232. The van der Waals surface area contributed by atoms with Crippen LogP contribution in [0.3, 0.4) is 0 Å². The Morgan fingerprint density at radius 1 is 1.45 bits per heavy atom. The molecule has 102 valence electrons. The number of benzene rings is 1. The second-order valence-corrected chi connectivity index (χ2v) is 5.33. The fourth-order valence-corrected chi connectivity index (χ4v) is 2.52. The smallest absolute Gasteiger partial charge is 0.263 e. The number of nitrogens with two attached hydrogens (primary N) is 1. The molecule has 2 heterocycles. The minimum atomic E-state index is -0.285. The summed E-state index contributed by atoms with van der Waals surface area (Å²) in [4.78, 5) is 19.2. The van der Waals surface area contributed by atoms with Crippen LogP contribution in [0.15, 0.2) is 30.5 Å². The first-order chi connectivity index (χ1) is 9.61. The molecule has 0 spiro atoms. The van der Waals surface area contributed by atoms with Gasteiger partial charge in [-0.3, -0.25) is 4.79 Å². The van der Waals surface area contributed by atoms with Crippen molar-refractivity contribution in [2.45, 2.75) is 6.54 Å². The number of carbonyl (C=O) groups is 1. The van der Waals surface area contributed by atoms with E-state index >= 15 is 0 Å². The summed E-state index contributed by atoms with van der Waals surface area (Å²) in [6.45, 7) is 0.326. The first kappa shape index (κ1) is 12.6. The Balaban J connectivity index is 1.72. The van der Waals surface area contributed by atoms with Gasteiger partial charge in [0.2, 0.25) is 0 Å². The lowest BCUT2D eigenvalue weighted by atomic mass is 10.2. The largest absolute Gasteiger partial charge is 0.375 e. The first-order valence-corrected chi connectivity index (χ1v) is 6.70. The number of hydrogen-bond acceptors (Lipinski definition) is 4. The number of aromatic nitrogens is 2. The number of halogens is 1. The highest BCUT2D eigenvalue weighted by molar-refractivity contribution is 7.17. The Bertz CT molecular complexity index is 780. The van der Waals surface area contributed by atoms with E-state index in [9.17, 15) is 9.18 Å². The van der Waals surface area contributed by atoms with Crippen LogP contribution in [0, 0.1) is 5.82 Å². The molecule has 0 radical (unpaired) electrons. The highest BCUT2D eigenvalue weighted by Crippen LogP contribution is 2.17. The van der Waals surface area contributed by atoms with Crippen LogP contribution < -0.4 is 11.1 Å². The molecule has 20 heavy (non-hydrogen) atoms. The topological polar surface area (TPSA) is 83.8 Å². The van der Waals surface area contributed by atoms with Crippen LogP contribution in [0.25, 0.3) is 10.9 Å². The van der Waals surface area contributed by atoms with Gasteiger partial charge >= 0.3 is 0 Å². The lowest BCUT2D eigenvalue weighted by molar-refractivity contribution is 0.0954. The van der Waals surface area contributed by atoms with E-state index in [1.54, 1.807) is 12.1 Å². The Morgan fingerprint density at radius 2 is 2.30 bits per heavy atom. The number of aromatic amines is 1. The molecule has 0 bridgehead atoms. The highest BCUT2D eigenvalue weighted by atomic mass is 32.1. The van der Waals surface area contributed by atoms with Crippen molar-refractivity contribution in [3.63, 3.8) is 0 Å². The zero-order valence-electron chi connectivity index (χ0n) is 10.3. The Labute approximate surface area is 117 Å². The number of anilines is 1. The molecule has 0 aliphatic rings. The van der Waals surface area contributed by atoms with Gasteiger partial charge in [0, 0.05) is 16.6 Å². The van der Waals surface area contributed by atoms with E-state index in [0.29, 0.717) is 16.6 Å². The molecule has 7 heteroatoms. The number of rotatable bonds is 3. The molecule has 2 aromatic heterocycles. The van der Waals surface area contributed by atoms with Crippen LogP contribution in [-0.4, -0.2) is 15.9 Å². The zero-order chi connectivity index (χ0) is 14.1. The highest BCUT2D eigenvalue weighted by Gasteiger charge is 2.09. The minimum Gasteiger partial charge on any atom is -0.375 e. The number of nitrogen functional groups attached to an aromatic ring is 1. The summed E-state index contributed by atoms with van der Waals surface area (Å²) < 4.78 is 13.1. The number of nitrogens with zero attached hydrogens (tertiary/aromatic N) is 1. The molecule has 5 nitrogen and oxygen atoms in total. The van der Waals surface area contributed by atoms with Crippen LogP contribution in [-0.2, 0) is 6.54 Å². The summed E-state index contributed by atoms with van der Waals surface area (Å²) in [5.74, 6) is -0.517. The predicted molar refractivity (Wildman–Crippen MR) is 76.0 cm³/mol. The molecule has 0 saturated carbocycles. The monoisotopic (exact) mass is 290 g/mol. The summed E-state index contributed by atoms with van der Waals surface area (Å²) in [7, 11) is 0. The number of amides is 1. The van der Waals surface area contributed by atoms with Crippen LogP contribution >= 0.6 is 11.3 Å². The first-order valence-electron chi connectivity index (χ1n) is 5.88. The fraction of sp³-hybridized carbons (Fsp3) is 0.0769. The summed E-state index contributed by atoms with van der Waals surface area (Å²) >= 11 is 1.13. The van der Waals surface area contributed by atoms with Gasteiger partial charge < -0.3 is 16.0 Å². The maximum absolute atomic E-state index is 13.1. The lowest BCUT2D eigenvalue weighted by Gasteiger charge is -2.00. The van der Waals surface area contributed by atoms with E-state index in [2.05, 4.69) is 15.3 Å². The third-order valence-corrected chi connectivity index (χ3v) is 3.65. The number of thiazole rings is 1. The second kappa shape index (κ2) is 4.93. The van der Waals surface area contributed by atoms with Gasteiger partial charge in [-0.1, -0.05) is 11.3 Å². The van der Waals surface area contributed by atoms with E-state index in [0.717, 1.165) is 27.9 Å².